The van der Waals surface area contributed by atoms with E-state index in [4.69, 9.17) is 4.98 Å². The van der Waals surface area contributed by atoms with Crippen molar-refractivity contribution in [3.63, 3.8) is 0 Å². The van der Waals surface area contributed by atoms with E-state index < -0.39 is 0 Å². The second kappa shape index (κ2) is 14.6. The van der Waals surface area contributed by atoms with Gasteiger partial charge in [0.25, 0.3) is 0 Å². The maximum absolute atomic E-state index is 12.2. The fraction of sp³-hybridized carbons (Fsp3) is 0.400. The Labute approximate surface area is 305 Å². The van der Waals surface area contributed by atoms with Crippen LogP contribution in [0.3, 0.4) is 0 Å². The first-order valence-electron chi connectivity index (χ1n) is 16.4. The number of carbonyl (C=O) groups is 1. The maximum Gasteiger partial charge on any atom is 0.164 e. The minimum Gasteiger partial charge on any atom is -0.512 e. The van der Waals surface area contributed by atoms with Crippen molar-refractivity contribution in [2.45, 2.75) is 93.4 Å². The third-order valence-electron chi connectivity index (χ3n) is 10.1. The average molecular weight is 861 g/mol. The fourth-order valence-corrected chi connectivity index (χ4v) is 8.83. The van der Waals surface area contributed by atoms with Gasteiger partial charge >= 0.3 is 0 Å². The van der Waals surface area contributed by atoms with Crippen LogP contribution in [-0.4, -0.2) is 15.9 Å². The summed E-state index contributed by atoms with van der Waals surface area (Å²) in [4.78, 5) is 17.1. The van der Waals surface area contributed by atoms with Crippen LogP contribution in [0.15, 0.2) is 65.2 Å². The fourth-order valence-electron chi connectivity index (χ4n) is 5.84. The molecule has 4 aromatic heterocycles. The smallest absolute Gasteiger partial charge is 0.164 e. The molecule has 0 bridgehead atoms. The standard InChI is InChI=1S/C25H18NS3.C15H28O2.Ir/c1-25(2,3)17-13-15(12-14-7-10-28-24(14)17)23-22-20(6-9-26-23)29-19-5-4-18-16(21(19)22)8-11-27-18;1-7-14(5,8-2)12(16)11-13(17)15(6,9-3)10-4;/h4-11,13H,1-3H3;11,16H,7-10H2,1-6H3;/q-1;;/b;12-11-;. The van der Waals surface area contributed by atoms with Crippen molar-refractivity contribution in [1.82, 2.24) is 4.98 Å². The third kappa shape index (κ3) is 7.16. The van der Waals surface area contributed by atoms with Crippen LogP contribution in [0.5, 0.6) is 0 Å². The molecule has 7 heteroatoms. The molecule has 2 aromatic carbocycles. The number of thiophene rings is 3. The molecule has 0 saturated carbocycles. The van der Waals surface area contributed by atoms with Gasteiger partial charge in [0.15, 0.2) is 5.78 Å². The Morgan fingerprint density at radius 1 is 0.830 bits per heavy atom. The van der Waals surface area contributed by atoms with Gasteiger partial charge in [0.2, 0.25) is 0 Å². The predicted octanol–water partition coefficient (Wildman–Crippen LogP) is 13.3. The summed E-state index contributed by atoms with van der Waals surface area (Å²) in [5, 5.41) is 19.6. The van der Waals surface area contributed by atoms with Crippen LogP contribution in [0.2, 0.25) is 0 Å². The number of ketones is 1. The number of carbonyl (C=O) groups excluding carboxylic acids is 1. The molecule has 3 nitrogen and oxygen atoms in total. The Hall–Kier alpha value is -2.41. The number of pyridine rings is 1. The number of nitrogens with zero attached hydrogens (tertiary/aromatic N) is 1. The number of aliphatic hydroxyl groups is 1. The van der Waals surface area contributed by atoms with Gasteiger partial charge in [0.05, 0.1) is 0 Å². The van der Waals surface area contributed by atoms with Gasteiger partial charge in [-0.3, -0.25) is 9.78 Å². The Bertz CT molecular complexity index is 2050. The minimum atomic E-state index is -0.337. The molecule has 6 rings (SSSR count). The Morgan fingerprint density at radius 3 is 2.09 bits per heavy atom. The van der Waals surface area contributed by atoms with Gasteiger partial charge in [-0.25, -0.2) is 0 Å². The first-order chi connectivity index (χ1) is 21.8. The SMILES string of the molecule is CC(C)(C)c1cc(-c2nccc3sc4ccc5sccc5c4c23)[c-]c2ccsc12.CCC(C)(CC)C(=O)/C=C(\O)C(C)(CC)CC.[Ir]. The monoisotopic (exact) mass is 861 g/mol. The molecule has 251 valence electrons. The molecule has 0 aliphatic carbocycles. The van der Waals surface area contributed by atoms with Crippen LogP contribution in [-0.2, 0) is 30.3 Å². The molecule has 4 heterocycles. The van der Waals surface area contributed by atoms with E-state index in [0.717, 1.165) is 36.9 Å². The zero-order valence-corrected chi connectivity index (χ0v) is 33.8. The summed E-state index contributed by atoms with van der Waals surface area (Å²) in [5.41, 5.74) is 2.98. The van der Waals surface area contributed by atoms with Gasteiger partial charge in [-0.15, -0.1) is 46.3 Å². The normalized spacial score (nSPS) is 12.8. The van der Waals surface area contributed by atoms with Crippen molar-refractivity contribution in [2.75, 3.05) is 0 Å². The van der Waals surface area contributed by atoms with E-state index in [-0.39, 0.29) is 47.9 Å². The van der Waals surface area contributed by atoms with Crippen LogP contribution < -0.4 is 0 Å². The molecule has 0 amide bonds. The average Bonchev–Trinajstić information content (AvgIpc) is 3.80. The van der Waals surface area contributed by atoms with E-state index in [1.54, 1.807) is 11.3 Å². The van der Waals surface area contributed by atoms with Gasteiger partial charge in [0.1, 0.15) is 5.76 Å². The first kappa shape index (κ1) is 37.4. The summed E-state index contributed by atoms with van der Waals surface area (Å²) in [5.74, 6) is 0.286. The van der Waals surface area contributed by atoms with Crippen molar-refractivity contribution < 1.29 is 30.0 Å². The molecule has 47 heavy (non-hydrogen) atoms. The summed E-state index contributed by atoms with van der Waals surface area (Å²) in [6.07, 6.45) is 6.70. The molecule has 0 fully saturated rings. The number of hydrogen-bond acceptors (Lipinski definition) is 6. The summed E-state index contributed by atoms with van der Waals surface area (Å²) in [6.45, 7) is 18.9. The van der Waals surface area contributed by atoms with E-state index in [2.05, 4.69) is 74.0 Å². The van der Waals surface area contributed by atoms with Crippen molar-refractivity contribution in [3.05, 3.63) is 76.8 Å². The van der Waals surface area contributed by atoms with Gasteiger partial charge in [-0.2, -0.15) is 11.3 Å². The Morgan fingerprint density at radius 2 is 1.45 bits per heavy atom. The zero-order valence-electron chi connectivity index (χ0n) is 29.0. The minimum absolute atomic E-state index is 0. The molecule has 1 N–H and O–H groups in total. The van der Waals surface area contributed by atoms with Crippen LogP contribution in [0.4, 0.5) is 0 Å². The van der Waals surface area contributed by atoms with E-state index in [0.29, 0.717) is 0 Å². The quantitative estimate of drug-likeness (QED) is 0.0942. The van der Waals surface area contributed by atoms with Crippen LogP contribution in [0.1, 0.15) is 93.6 Å². The zero-order chi connectivity index (χ0) is 33.4. The first-order valence-corrected chi connectivity index (χ1v) is 18.9. The summed E-state index contributed by atoms with van der Waals surface area (Å²) < 4.78 is 5.29. The third-order valence-corrected chi connectivity index (χ3v) is 13.1. The topological polar surface area (TPSA) is 50.2 Å². The second-order valence-corrected chi connectivity index (χ2v) is 16.8. The second-order valence-electron chi connectivity index (χ2n) is 13.8. The molecule has 0 atom stereocenters. The predicted molar refractivity (Wildman–Crippen MR) is 204 cm³/mol. The van der Waals surface area contributed by atoms with Gasteiger partial charge < -0.3 is 5.11 Å². The van der Waals surface area contributed by atoms with Crippen molar-refractivity contribution in [1.29, 1.82) is 0 Å². The number of hydrogen-bond donors (Lipinski definition) is 1. The molecule has 0 spiro atoms. The van der Waals surface area contributed by atoms with E-state index in [1.807, 2.05) is 70.4 Å². The molecule has 0 saturated heterocycles. The summed E-state index contributed by atoms with van der Waals surface area (Å²) in [7, 11) is 0. The molecular formula is C40H46IrNO2S3-. The van der Waals surface area contributed by atoms with Gasteiger partial charge in [-0.1, -0.05) is 73.4 Å². The van der Waals surface area contributed by atoms with E-state index in [1.165, 1.54) is 52.0 Å². The van der Waals surface area contributed by atoms with Gasteiger partial charge in [-0.05, 0) is 76.2 Å². The van der Waals surface area contributed by atoms with Crippen molar-refractivity contribution in [3.8, 4) is 11.3 Å². The molecule has 1 radical (unpaired) electrons. The van der Waals surface area contributed by atoms with Gasteiger partial charge in [0, 0.05) is 73.8 Å². The molecule has 0 aliphatic rings. The molecule has 0 aliphatic heterocycles. The number of benzene rings is 2. The van der Waals surface area contributed by atoms with Crippen molar-refractivity contribution in [2.24, 2.45) is 10.8 Å². The van der Waals surface area contributed by atoms with Crippen LogP contribution in [0, 0.1) is 16.9 Å². The number of aliphatic hydroxyl groups excluding tert-OH is 1. The maximum atomic E-state index is 12.2. The van der Waals surface area contributed by atoms with Crippen molar-refractivity contribution >= 4 is 80.1 Å². The molecular weight excluding hydrogens is 815 g/mol. The number of rotatable bonds is 8. The van der Waals surface area contributed by atoms with Crippen LogP contribution >= 0.6 is 34.0 Å². The van der Waals surface area contributed by atoms with Crippen LogP contribution in [0.25, 0.3) is 51.6 Å². The van der Waals surface area contributed by atoms with E-state index >= 15 is 0 Å². The number of aromatic nitrogens is 1. The summed E-state index contributed by atoms with van der Waals surface area (Å²) in [6, 6.07) is 17.1. The Kier molecular flexibility index (Phi) is 11.6. The van der Waals surface area contributed by atoms with E-state index in [9.17, 15) is 9.90 Å². The summed E-state index contributed by atoms with van der Waals surface area (Å²) >= 11 is 5.47. The number of allylic oxidation sites excluding steroid dienone is 2. The molecule has 6 aromatic rings. The molecule has 0 unspecified atom stereocenters. The number of fused-ring (bicyclic) bond motifs is 6. The Balaban J connectivity index is 0.000000242. The largest absolute Gasteiger partial charge is 0.512 e.